The van der Waals surface area contributed by atoms with Gasteiger partial charge >= 0.3 is 0 Å². The molecular formula is C20H17Cl2N3. The molecule has 1 atom stereocenters. The lowest BCUT2D eigenvalue weighted by Gasteiger charge is -2.10. The Morgan fingerprint density at radius 2 is 1.68 bits per heavy atom. The molecule has 2 aromatic carbocycles. The van der Waals surface area contributed by atoms with Crippen molar-refractivity contribution in [2.75, 3.05) is 11.9 Å². The Hall–Kier alpha value is -2.36. The fourth-order valence-electron chi connectivity index (χ4n) is 2.94. The number of nitrogens with zero attached hydrogens (tertiary/aromatic N) is 2. The first-order valence-electron chi connectivity index (χ1n) is 7.94. The van der Waals surface area contributed by atoms with Crippen molar-refractivity contribution in [3.8, 4) is 0 Å². The Labute approximate surface area is 158 Å². The van der Waals surface area contributed by atoms with E-state index < -0.39 is 0 Å². The van der Waals surface area contributed by atoms with Crippen molar-refractivity contribution in [3.63, 3.8) is 0 Å². The molecule has 1 aliphatic rings. The van der Waals surface area contributed by atoms with Gasteiger partial charge in [-0.2, -0.15) is 4.57 Å². The fraction of sp³-hybridized carbons (Fsp3) is 0.100. The first-order valence-corrected chi connectivity index (χ1v) is 8.32. The van der Waals surface area contributed by atoms with Crippen molar-refractivity contribution in [2.24, 2.45) is 4.99 Å². The molecule has 5 heteroatoms. The van der Waals surface area contributed by atoms with Crippen molar-refractivity contribution < 1.29 is 17.0 Å². The molecule has 0 saturated carbocycles. The predicted octanol–water partition coefficient (Wildman–Crippen LogP) is 1.09. The minimum Gasteiger partial charge on any atom is -1.00 e. The molecule has 0 amide bonds. The summed E-state index contributed by atoms with van der Waals surface area (Å²) in [5, 5.41) is 4.22. The molecule has 1 aromatic heterocycles. The third-order valence-electron chi connectivity index (χ3n) is 4.12. The van der Waals surface area contributed by atoms with Gasteiger partial charge in [-0.25, -0.2) is 4.99 Å². The molecule has 0 fully saturated rings. The van der Waals surface area contributed by atoms with E-state index in [0.29, 0.717) is 5.02 Å². The Morgan fingerprint density at radius 3 is 2.44 bits per heavy atom. The summed E-state index contributed by atoms with van der Waals surface area (Å²) in [5.41, 5.74) is 4.14. The van der Waals surface area contributed by atoms with Crippen LogP contribution < -0.4 is 22.3 Å². The molecule has 2 heterocycles. The van der Waals surface area contributed by atoms with E-state index in [1.807, 2.05) is 67.0 Å². The molecule has 1 aliphatic heterocycles. The van der Waals surface area contributed by atoms with E-state index in [9.17, 15) is 0 Å². The summed E-state index contributed by atoms with van der Waals surface area (Å²) < 4.78 is 2.11. The van der Waals surface area contributed by atoms with Gasteiger partial charge in [0, 0.05) is 34.0 Å². The van der Waals surface area contributed by atoms with Crippen LogP contribution in [0.25, 0.3) is 0 Å². The zero-order chi connectivity index (χ0) is 16.4. The number of hydrogen-bond acceptors (Lipinski definition) is 2. The van der Waals surface area contributed by atoms with E-state index in [1.54, 1.807) is 0 Å². The number of pyridine rings is 1. The lowest BCUT2D eigenvalue weighted by atomic mass is 10.0. The topological polar surface area (TPSA) is 28.3 Å². The maximum absolute atomic E-state index is 6.25. The van der Waals surface area contributed by atoms with Crippen molar-refractivity contribution in [3.05, 3.63) is 95.3 Å². The third-order valence-corrected chi connectivity index (χ3v) is 4.36. The van der Waals surface area contributed by atoms with Gasteiger partial charge in [-0.1, -0.05) is 48.0 Å². The second-order valence-corrected chi connectivity index (χ2v) is 6.15. The summed E-state index contributed by atoms with van der Waals surface area (Å²) in [5.74, 6) is 0. The minimum atomic E-state index is -0.0208. The molecule has 0 saturated heterocycles. The van der Waals surface area contributed by atoms with Crippen molar-refractivity contribution in [2.45, 2.75) is 6.17 Å². The van der Waals surface area contributed by atoms with Crippen LogP contribution in [-0.4, -0.2) is 12.3 Å². The van der Waals surface area contributed by atoms with Crippen molar-refractivity contribution in [1.82, 2.24) is 0 Å². The fourth-order valence-corrected chi connectivity index (χ4v) is 3.11. The number of anilines is 1. The van der Waals surface area contributed by atoms with Gasteiger partial charge in [0.25, 0.3) is 6.17 Å². The Balaban J connectivity index is 0.00000182. The Kier molecular flexibility index (Phi) is 5.37. The number of fused-ring (bicyclic) bond motifs is 1. The third kappa shape index (κ3) is 3.68. The monoisotopic (exact) mass is 369 g/mol. The van der Waals surface area contributed by atoms with Crippen LogP contribution in [-0.2, 0) is 0 Å². The smallest absolute Gasteiger partial charge is 0.268 e. The quantitative estimate of drug-likeness (QED) is 0.673. The Bertz CT molecular complexity index is 880. The largest absolute Gasteiger partial charge is 1.00 e. The highest BCUT2D eigenvalue weighted by molar-refractivity contribution is 6.31. The normalized spacial score (nSPS) is 15.9. The van der Waals surface area contributed by atoms with Crippen molar-refractivity contribution >= 4 is 23.0 Å². The van der Waals surface area contributed by atoms with Crippen LogP contribution >= 0.6 is 11.6 Å². The highest BCUT2D eigenvalue weighted by Gasteiger charge is 2.24. The number of nitrogens with one attached hydrogen (secondary N) is 1. The van der Waals surface area contributed by atoms with Gasteiger partial charge in [0.2, 0.25) is 0 Å². The predicted molar refractivity (Wildman–Crippen MR) is 97.7 cm³/mol. The highest BCUT2D eigenvalue weighted by Crippen LogP contribution is 2.27. The van der Waals surface area contributed by atoms with Crippen LogP contribution in [0.1, 0.15) is 17.3 Å². The highest BCUT2D eigenvalue weighted by atomic mass is 35.5. The van der Waals surface area contributed by atoms with Gasteiger partial charge in [0.15, 0.2) is 12.4 Å². The molecule has 25 heavy (non-hydrogen) atoms. The molecule has 3 nitrogen and oxygen atoms in total. The molecule has 0 spiro atoms. The average Bonchev–Trinajstić information content (AvgIpc) is 2.83. The first-order chi connectivity index (χ1) is 11.8. The number of aromatic nitrogens is 1. The molecule has 126 valence electrons. The standard InChI is InChI=1S/C20H17ClN3.ClH/c21-16-9-10-18-17(13-16)20(15-7-3-1-4-8-15)23-19(14-22-18)24-11-5-2-6-12-24;/h1-13,19,22H,14H2;1H/q+1;/p-1. The number of benzene rings is 2. The molecule has 1 N–H and O–H groups in total. The van der Waals surface area contributed by atoms with Crippen LogP contribution in [0.2, 0.25) is 5.02 Å². The number of halogens is 2. The van der Waals surface area contributed by atoms with Crippen LogP contribution in [0.3, 0.4) is 0 Å². The van der Waals surface area contributed by atoms with Crippen LogP contribution in [0, 0.1) is 0 Å². The van der Waals surface area contributed by atoms with Gasteiger partial charge in [-0.05, 0) is 18.2 Å². The summed E-state index contributed by atoms with van der Waals surface area (Å²) in [6.07, 6.45) is 4.07. The SMILES string of the molecule is Clc1ccc2c(c1)C(c1ccccc1)=NC([n+]1ccccc1)CN2.[Cl-]. The van der Waals surface area contributed by atoms with Crippen LogP contribution in [0.5, 0.6) is 0 Å². The van der Waals surface area contributed by atoms with Gasteiger partial charge in [-0.3, -0.25) is 0 Å². The lowest BCUT2D eigenvalue weighted by Crippen LogP contribution is -3.00. The number of aliphatic imine (C=N–C) groups is 1. The average molecular weight is 370 g/mol. The first kappa shape index (κ1) is 17.5. The minimum absolute atomic E-state index is 0. The number of benzodiazepines with no additional fused rings is 1. The summed E-state index contributed by atoms with van der Waals surface area (Å²) >= 11 is 6.25. The second kappa shape index (κ2) is 7.68. The summed E-state index contributed by atoms with van der Waals surface area (Å²) in [6, 6.07) is 22.2. The summed E-state index contributed by atoms with van der Waals surface area (Å²) in [4.78, 5) is 5.06. The molecule has 0 bridgehead atoms. The van der Waals surface area contributed by atoms with Crippen LogP contribution in [0.4, 0.5) is 5.69 Å². The van der Waals surface area contributed by atoms with Crippen LogP contribution in [0.15, 0.2) is 84.1 Å². The molecule has 1 unspecified atom stereocenters. The van der Waals surface area contributed by atoms with E-state index in [1.165, 1.54) is 0 Å². The van der Waals surface area contributed by atoms with Gasteiger partial charge in [-0.15, -0.1) is 0 Å². The number of rotatable bonds is 2. The van der Waals surface area contributed by atoms with E-state index in [2.05, 4.69) is 22.0 Å². The van der Waals surface area contributed by atoms with Gasteiger partial charge in [0.05, 0.1) is 12.3 Å². The maximum atomic E-state index is 6.25. The molecule has 0 aliphatic carbocycles. The van der Waals surface area contributed by atoms with E-state index >= 15 is 0 Å². The molecular weight excluding hydrogens is 353 g/mol. The van der Waals surface area contributed by atoms with Crippen molar-refractivity contribution in [1.29, 1.82) is 0 Å². The van der Waals surface area contributed by atoms with E-state index in [4.69, 9.17) is 16.6 Å². The maximum Gasteiger partial charge on any atom is 0.268 e. The van der Waals surface area contributed by atoms with E-state index in [-0.39, 0.29) is 18.6 Å². The van der Waals surface area contributed by atoms with Gasteiger partial charge < -0.3 is 17.7 Å². The zero-order valence-corrected chi connectivity index (χ0v) is 15.0. The van der Waals surface area contributed by atoms with Gasteiger partial charge in [0.1, 0.15) is 0 Å². The van der Waals surface area contributed by atoms with E-state index in [0.717, 1.165) is 29.1 Å². The lowest BCUT2D eigenvalue weighted by molar-refractivity contribution is -0.718. The number of hydrogen-bond donors (Lipinski definition) is 1. The molecule has 4 rings (SSSR count). The Morgan fingerprint density at radius 1 is 0.960 bits per heavy atom. The second-order valence-electron chi connectivity index (χ2n) is 5.72. The zero-order valence-electron chi connectivity index (χ0n) is 13.4. The molecule has 3 aromatic rings. The summed E-state index contributed by atoms with van der Waals surface area (Å²) in [6.45, 7) is 0.722. The molecule has 0 radical (unpaired) electrons. The summed E-state index contributed by atoms with van der Waals surface area (Å²) in [7, 11) is 0.